The minimum absolute atomic E-state index is 0.154. The van der Waals surface area contributed by atoms with Crippen LogP contribution in [0.25, 0.3) is 0 Å². The minimum Gasteiger partial charge on any atom is -0.462 e. The largest absolute Gasteiger partial charge is 0.462 e. The van der Waals surface area contributed by atoms with Crippen molar-refractivity contribution in [2.24, 2.45) is 0 Å². The molecule has 4 N–H and O–H groups in total. The van der Waals surface area contributed by atoms with Gasteiger partial charge in [0, 0.05) is 12.8 Å². The lowest BCUT2D eigenvalue weighted by Crippen LogP contribution is -2.59. The molecule has 1 fully saturated rings. The summed E-state index contributed by atoms with van der Waals surface area (Å²) in [7, 11) is 0. The summed E-state index contributed by atoms with van der Waals surface area (Å²) in [5.74, 6) is -0.872. The number of ether oxygens (including phenoxy) is 4. The van der Waals surface area contributed by atoms with Crippen LogP contribution in [0.3, 0.4) is 0 Å². The first kappa shape index (κ1) is 50.7. The average molecular weight is 779 g/mol. The number of rotatable bonds is 35. The van der Waals surface area contributed by atoms with Gasteiger partial charge in [0.25, 0.3) is 0 Å². The quantitative estimate of drug-likeness (QED) is 0.0279. The molecule has 1 heterocycles. The van der Waals surface area contributed by atoms with E-state index < -0.39 is 55.4 Å². The van der Waals surface area contributed by atoms with E-state index in [0.717, 1.165) is 44.9 Å². The summed E-state index contributed by atoms with van der Waals surface area (Å²) in [5.41, 5.74) is 0. The molecule has 0 aromatic rings. The van der Waals surface area contributed by atoms with Gasteiger partial charge in [-0.05, 0) is 51.4 Å². The summed E-state index contributed by atoms with van der Waals surface area (Å²) in [5, 5.41) is 40.0. The van der Waals surface area contributed by atoms with Gasteiger partial charge in [-0.1, -0.05) is 152 Å². The molecule has 6 atom stereocenters. The highest BCUT2D eigenvalue weighted by molar-refractivity contribution is 5.70. The molecule has 0 aromatic carbocycles. The topological polar surface area (TPSA) is 152 Å². The average Bonchev–Trinajstić information content (AvgIpc) is 3.18. The van der Waals surface area contributed by atoms with Crippen LogP contribution in [0.2, 0.25) is 0 Å². The fraction of sp³-hybridized carbons (Fsp3) is 0.778. The van der Waals surface area contributed by atoms with E-state index in [9.17, 15) is 30.0 Å². The van der Waals surface area contributed by atoms with Crippen LogP contribution in [0, 0.1) is 0 Å². The molecule has 0 unspecified atom stereocenters. The third-order valence-corrected chi connectivity index (χ3v) is 9.72. The molecule has 10 nitrogen and oxygen atoms in total. The Balaban J connectivity index is 2.40. The van der Waals surface area contributed by atoms with Crippen LogP contribution >= 0.6 is 0 Å². The van der Waals surface area contributed by atoms with Crippen molar-refractivity contribution < 1.29 is 49.0 Å². The molecule has 0 bridgehead atoms. The van der Waals surface area contributed by atoms with Gasteiger partial charge in [-0.2, -0.15) is 0 Å². The van der Waals surface area contributed by atoms with Gasteiger partial charge < -0.3 is 39.4 Å². The summed E-state index contributed by atoms with van der Waals surface area (Å²) in [6, 6.07) is 0. The Labute approximate surface area is 333 Å². The molecular formula is C45H78O10. The fourth-order valence-electron chi connectivity index (χ4n) is 6.24. The summed E-state index contributed by atoms with van der Waals surface area (Å²) in [4.78, 5) is 25.2. The Kier molecular flexibility index (Phi) is 33.2. The van der Waals surface area contributed by atoms with Crippen LogP contribution in [0.15, 0.2) is 48.6 Å². The number of allylic oxidation sites excluding steroid dienone is 8. The highest BCUT2D eigenvalue weighted by Crippen LogP contribution is 2.22. The maximum Gasteiger partial charge on any atom is 0.306 e. The van der Waals surface area contributed by atoms with Gasteiger partial charge in [-0.15, -0.1) is 0 Å². The summed E-state index contributed by atoms with van der Waals surface area (Å²) < 4.78 is 22.1. The van der Waals surface area contributed by atoms with E-state index in [2.05, 4.69) is 56.4 Å². The number of aliphatic hydroxyl groups is 4. The molecule has 0 aliphatic carbocycles. The van der Waals surface area contributed by atoms with E-state index in [1.165, 1.54) is 83.5 Å². The van der Waals surface area contributed by atoms with Crippen molar-refractivity contribution in [3.05, 3.63) is 48.6 Å². The molecule has 0 saturated carbocycles. The summed E-state index contributed by atoms with van der Waals surface area (Å²) >= 11 is 0. The molecular weight excluding hydrogens is 700 g/mol. The first-order chi connectivity index (χ1) is 26.8. The zero-order valence-electron chi connectivity index (χ0n) is 34.4. The minimum atomic E-state index is -1.60. The maximum atomic E-state index is 12.7. The van der Waals surface area contributed by atoms with Crippen molar-refractivity contribution in [2.45, 2.75) is 205 Å². The maximum absolute atomic E-state index is 12.7. The zero-order valence-corrected chi connectivity index (χ0v) is 34.4. The van der Waals surface area contributed by atoms with E-state index >= 15 is 0 Å². The van der Waals surface area contributed by atoms with Crippen molar-refractivity contribution in [2.75, 3.05) is 19.8 Å². The molecule has 1 saturated heterocycles. The van der Waals surface area contributed by atoms with Crippen molar-refractivity contribution in [3.63, 3.8) is 0 Å². The molecule has 0 amide bonds. The lowest BCUT2D eigenvalue weighted by atomic mass is 9.99. The molecule has 1 rings (SSSR count). The number of carbonyl (C=O) groups excluding carboxylic acids is 2. The second-order valence-electron chi connectivity index (χ2n) is 14.8. The van der Waals surface area contributed by atoms with Crippen molar-refractivity contribution in [3.8, 4) is 0 Å². The van der Waals surface area contributed by atoms with E-state index in [0.29, 0.717) is 12.8 Å². The first-order valence-corrected chi connectivity index (χ1v) is 21.7. The Morgan fingerprint density at radius 3 is 1.58 bits per heavy atom. The molecule has 1 aliphatic rings. The van der Waals surface area contributed by atoms with Gasteiger partial charge in [0.15, 0.2) is 12.4 Å². The van der Waals surface area contributed by atoms with E-state index in [-0.39, 0.29) is 26.1 Å². The SMILES string of the molecule is CCCCC/C=C\C/C=C\C/C=C\C/C=C\CCCC(=O)O[C@H](COC(=O)CCCCCCCCCCCCCCC)CO[C@@H]1O[C@H](CO)[C@H](O)[C@H](O)[C@H]1O. The smallest absolute Gasteiger partial charge is 0.306 e. The summed E-state index contributed by atoms with van der Waals surface area (Å²) in [6.07, 6.45) is 34.1. The highest BCUT2D eigenvalue weighted by Gasteiger charge is 2.44. The molecule has 0 aromatic heterocycles. The number of hydrogen-bond acceptors (Lipinski definition) is 10. The van der Waals surface area contributed by atoms with Gasteiger partial charge >= 0.3 is 11.9 Å². The molecule has 0 radical (unpaired) electrons. The Bertz CT molecular complexity index is 1040. The van der Waals surface area contributed by atoms with Gasteiger partial charge in [-0.3, -0.25) is 9.59 Å². The molecule has 1 aliphatic heterocycles. The van der Waals surface area contributed by atoms with Crippen LogP contribution in [-0.2, 0) is 28.5 Å². The van der Waals surface area contributed by atoms with Crippen molar-refractivity contribution in [1.29, 1.82) is 0 Å². The van der Waals surface area contributed by atoms with Crippen LogP contribution in [-0.4, -0.2) is 89.0 Å². The second kappa shape index (κ2) is 36.0. The van der Waals surface area contributed by atoms with Gasteiger partial charge in [-0.25, -0.2) is 0 Å². The lowest BCUT2D eigenvalue weighted by Gasteiger charge is -2.39. The third kappa shape index (κ3) is 27.8. The van der Waals surface area contributed by atoms with Gasteiger partial charge in [0.05, 0.1) is 13.2 Å². The standard InChI is InChI=1S/C45H78O10/c1-3-5-7-9-11-13-15-17-18-19-20-22-24-26-28-30-32-34-41(48)54-38(37-53-45-44(51)43(50)42(49)39(35-46)55-45)36-52-40(47)33-31-29-27-25-23-21-16-14-12-10-8-6-4-2/h11,13,17-18,20,22,26,28,38-39,42-46,49-51H,3-10,12,14-16,19,21,23-25,27,29-37H2,1-2H3/b13-11-,18-17-,22-20-,28-26-/t38-,39-,42+,43+,44-,45-/m1/s1. The van der Waals surface area contributed by atoms with Gasteiger partial charge in [0.2, 0.25) is 0 Å². The first-order valence-electron chi connectivity index (χ1n) is 21.7. The molecule has 10 heteroatoms. The zero-order chi connectivity index (χ0) is 40.2. The van der Waals surface area contributed by atoms with Crippen molar-refractivity contribution in [1.82, 2.24) is 0 Å². The molecule has 318 valence electrons. The van der Waals surface area contributed by atoms with E-state index in [1.54, 1.807) is 0 Å². The number of carbonyl (C=O) groups is 2. The summed E-state index contributed by atoms with van der Waals surface area (Å²) in [6.45, 7) is 3.33. The highest BCUT2D eigenvalue weighted by atomic mass is 16.7. The number of unbranched alkanes of at least 4 members (excludes halogenated alkanes) is 16. The number of esters is 2. The van der Waals surface area contributed by atoms with Crippen molar-refractivity contribution >= 4 is 11.9 Å². The molecule has 55 heavy (non-hydrogen) atoms. The van der Waals surface area contributed by atoms with Crippen LogP contribution in [0.1, 0.15) is 168 Å². The monoisotopic (exact) mass is 779 g/mol. The predicted octanol–water partition coefficient (Wildman–Crippen LogP) is 8.88. The Hall–Kier alpha value is -2.34. The van der Waals surface area contributed by atoms with E-state index in [1.807, 2.05) is 6.08 Å². The van der Waals surface area contributed by atoms with Crippen LogP contribution < -0.4 is 0 Å². The second-order valence-corrected chi connectivity index (χ2v) is 14.8. The molecule has 0 spiro atoms. The number of aliphatic hydroxyl groups excluding tert-OH is 4. The van der Waals surface area contributed by atoms with Crippen LogP contribution in [0.4, 0.5) is 0 Å². The normalized spacial score (nSPS) is 21.0. The van der Waals surface area contributed by atoms with E-state index in [4.69, 9.17) is 18.9 Å². The van der Waals surface area contributed by atoms with Gasteiger partial charge in [0.1, 0.15) is 31.0 Å². The number of hydrogen-bond donors (Lipinski definition) is 4. The Morgan fingerprint density at radius 1 is 0.564 bits per heavy atom. The van der Waals surface area contributed by atoms with Crippen LogP contribution in [0.5, 0.6) is 0 Å². The predicted molar refractivity (Wildman–Crippen MR) is 219 cm³/mol. The third-order valence-electron chi connectivity index (χ3n) is 9.72. The fourth-order valence-corrected chi connectivity index (χ4v) is 6.24. The Morgan fingerprint density at radius 2 is 1.04 bits per heavy atom. The lowest BCUT2D eigenvalue weighted by molar-refractivity contribution is -0.305.